The summed E-state index contributed by atoms with van der Waals surface area (Å²) in [5, 5.41) is 6.49. The zero-order valence-corrected chi connectivity index (χ0v) is 21.6. The van der Waals surface area contributed by atoms with Gasteiger partial charge < -0.3 is 25.2 Å². The number of benzene rings is 1. The third kappa shape index (κ3) is 9.45. The van der Waals surface area contributed by atoms with Gasteiger partial charge in [-0.25, -0.2) is 4.98 Å². The minimum Gasteiger partial charge on any atom is -0.494 e. The fourth-order valence-electron chi connectivity index (χ4n) is 3.48. The SMILES string of the molecule is CCNC(=NCCCOc1ccccc1)NCCC(=O)N1CCN(c2ccccn2)CC1.I. The maximum atomic E-state index is 12.6. The van der Waals surface area contributed by atoms with Gasteiger partial charge in [-0.3, -0.25) is 9.79 Å². The van der Waals surface area contributed by atoms with Gasteiger partial charge in [0.25, 0.3) is 0 Å². The molecule has 0 radical (unpaired) electrons. The summed E-state index contributed by atoms with van der Waals surface area (Å²) < 4.78 is 5.70. The molecule has 0 aliphatic carbocycles. The van der Waals surface area contributed by atoms with Crippen LogP contribution in [0.2, 0.25) is 0 Å². The van der Waals surface area contributed by atoms with Crippen molar-refractivity contribution in [1.82, 2.24) is 20.5 Å². The second-order valence-corrected chi connectivity index (χ2v) is 7.51. The number of para-hydroxylation sites is 1. The second-order valence-electron chi connectivity index (χ2n) is 7.51. The van der Waals surface area contributed by atoms with Gasteiger partial charge in [-0.05, 0) is 31.2 Å². The summed E-state index contributed by atoms with van der Waals surface area (Å²) in [6, 6.07) is 15.7. The Morgan fingerprint density at radius 3 is 2.52 bits per heavy atom. The van der Waals surface area contributed by atoms with Gasteiger partial charge in [-0.15, -0.1) is 24.0 Å². The molecule has 180 valence electrons. The lowest BCUT2D eigenvalue weighted by atomic mass is 10.2. The zero-order chi connectivity index (χ0) is 22.4. The van der Waals surface area contributed by atoms with Crippen LogP contribution in [0.1, 0.15) is 19.8 Å². The first-order valence-electron chi connectivity index (χ1n) is 11.4. The van der Waals surface area contributed by atoms with Crippen LogP contribution in [0, 0.1) is 0 Å². The standard InChI is InChI=1S/C24H34N6O2.HI/c1-2-25-24(27-14-8-20-32-21-9-4-3-5-10-21)28-15-12-23(31)30-18-16-29(17-19-30)22-11-6-7-13-26-22;/h3-7,9-11,13H,2,8,12,14-20H2,1H3,(H2,25,27,28);1H. The van der Waals surface area contributed by atoms with E-state index < -0.39 is 0 Å². The maximum absolute atomic E-state index is 12.6. The molecule has 1 fully saturated rings. The molecule has 3 rings (SSSR count). The molecule has 2 heterocycles. The van der Waals surface area contributed by atoms with Gasteiger partial charge in [0, 0.05) is 64.9 Å². The molecule has 0 saturated carbocycles. The van der Waals surface area contributed by atoms with Gasteiger partial charge in [-0.1, -0.05) is 24.3 Å². The van der Waals surface area contributed by atoms with Crippen molar-refractivity contribution in [2.24, 2.45) is 4.99 Å². The first kappa shape index (κ1) is 26.7. The van der Waals surface area contributed by atoms with Crippen LogP contribution in [0.3, 0.4) is 0 Å². The van der Waals surface area contributed by atoms with E-state index in [1.165, 1.54) is 0 Å². The Kier molecular flexibility index (Phi) is 12.4. The quantitative estimate of drug-likeness (QED) is 0.199. The van der Waals surface area contributed by atoms with Crippen LogP contribution in [-0.4, -0.2) is 74.2 Å². The molecule has 0 unspecified atom stereocenters. The lowest BCUT2D eigenvalue weighted by molar-refractivity contribution is -0.131. The zero-order valence-electron chi connectivity index (χ0n) is 19.3. The van der Waals surface area contributed by atoms with Crippen LogP contribution in [0.15, 0.2) is 59.7 Å². The number of piperazine rings is 1. The molecule has 33 heavy (non-hydrogen) atoms. The first-order chi connectivity index (χ1) is 15.8. The van der Waals surface area contributed by atoms with E-state index in [9.17, 15) is 4.79 Å². The molecule has 1 aromatic heterocycles. The van der Waals surface area contributed by atoms with Gasteiger partial charge in [0.1, 0.15) is 11.6 Å². The highest BCUT2D eigenvalue weighted by atomic mass is 127. The fourth-order valence-corrected chi connectivity index (χ4v) is 3.48. The van der Waals surface area contributed by atoms with E-state index in [0.29, 0.717) is 26.1 Å². The van der Waals surface area contributed by atoms with Crippen molar-refractivity contribution in [3.8, 4) is 5.75 Å². The number of rotatable bonds is 10. The minimum atomic E-state index is 0. The number of halogens is 1. The van der Waals surface area contributed by atoms with E-state index in [0.717, 1.165) is 56.7 Å². The molecular weight excluding hydrogens is 531 g/mol. The number of ether oxygens (including phenoxy) is 1. The van der Waals surface area contributed by atoms with Gasteiger partial charge in [0.05, 0.1) is 6.61 Å². The number of carbonyl (C=O) groups is 1. The van der Waals surface area contributed by atoms with Crippen LogP contribution in [-0.2, 0) is 4.79 Å². The van der Waals surface area contributed by atoms with Crippen LogP contribution in [0.5, 0.6) is 5.75 Å². The lowest BCUT2D eigenvalue weighted by Gasteiger charge is -2.35. The fraction of sp³-hybridized carbons (Fsp3) is 0.458. The maximum Gasteiger partial charge on any atom is 0.224 e. The number of pyridine rings is 1. The molecule has 2 aromatic rings. The molecule has 0 bridgehead atoms. The summed E-state index contributed by atoms with van der Waals surface area (Å²) in [6.45, 7) is 7.72. The Morgan fingerprint density at radius 2 is 1.82 bits per heavy atom. The minimum absolute atomic E-state index is 0. The lowest BCUT2D eigenvalue weighted by Crippen LogP contribution is -2.49. The van der Waals surface area contributed by atoms with Gasteiger partial charge >= 0.3 is 0 Å². The third-order valence-electron chi connectivity index (χ3n) is 5.17. The summed E-state index contributed by atoms with van der Waals surface area (Å²) in [5.41, 5.74) is 0. The monoisotopic (exact) mass is 566 g/mol. The highest BCUT2D eigenvalue weighted by Crippen LogP contribution is 2.13. The smallest absolute Gasteiger partial charge is 0.224 e. The average molecular weight is 566 g/mol. The van der Waals surface area contributed by atoms with Crippen molar-refractivity contribution < 1.29 is 9.53 Å². The van der Waals surface area contributed by atoms with Crippen molar-refractivity contribution in [2.75, 3.05) is 57.3 Å². The average Bonchev–Trinajstić information content (AvgIpc) is 2.85. The molecular formula is C24H35IN6O2. The van der Waals surface area contributed by atoms with E-state index in [-0.39, 0.29) is 29.9 Å². The molecule has 0 spiro atoms. The van der Waals surface area contributed by atoms with Crippen molar-refractivity contribution in [3.05, 3.63) is 54.7 Å². The molecule has 1 saturated heterocycles. The Balaban J connectivity index is 0.00000385. The van der Waals surface area contributed by atoms with Crippen LogP contribution < -0.4 is 20.3 Å². The summed E-state index contributed by atoms with van der Waals surface area (Å²) in [4.78, 5) is 25.7. The van der Waals surface area contributed by atoms with Crippen molar-refractivity contribution in [3.63, 3.8) is 0 Å². The van der Waals surface area contributed by atoms with E-state index in [1.54, 1.807) is 6.20 Å². The van der Waals surface area contributed by atoms with Gasteiger partial charge in [0.15, 0.2) is 5.96 Å². The summed E-state index contributed by atoms with van der Waals surface area (Å²) >= 11 is 0. The predicted molar refractivity (Wildman–Crippen MR) is 144 cm³/mol. The third-order valence-corrected chi connectivity index (χ3v) is 5.17. The number of hydrogen-bond acceptors (Lipinski definition) is 5. The molecule has 1 amide bonds. The Morgan fingerprint density at radius 1 is 1.06 bits per heavy atom. The van der Waals surface area contributed by atoms with E-state index in [4.69, 9.17) is 4.74 Å². The molecule has 1 aliphatic heterocycles. The Hall–Kier alpha value is -2.56. The van der Waals surface area contributed by atoms with Crippen LogP contribution in [0.25, 0.3) is 0 Å². The first-order valence-corrected chi connectivity index (χ1v) is 11.4. The normalized spacial score (nSPS) is 13.8. The van der Waals surface area contributed by atoms with Gasteiger partial charge in [-0.2, -0.15) is 0 Å². The number of nitrogens with zero attached hydrogens (tertiary/aromatic N) is 4. The number of carbonyl (C=O) groups excluding carboxylic acids is 1. The van der Waals surface area contributed by atoms with Crippen molar-refractivity contribution in [1.29, 1.82) is 0 Å². The Labute approximate surface area is 213 Å². The van der Waals surface area contributed by atoms with Gasteiger partial charge in [0.2, 0.25) is 5.91 Å². The molecule has 1 aromatic carbocycles. The number of amides is 1. The van der Waals surface area contributed by atoms with Crippen LogP contribution in [0.4, 0.5) is 5.82 Å². The molecule has 2 N–H and O–H groups in total. The number of anilines is 1. The summed E-state index contributed by atoms with van der Waals surface area (Å²) in [5.74, 6) is 2.76. The number of nitrogens with one attached hydrogen (secondary N) is 2. The Bertz CT molecular complexity index is 829. The highest BCUT2D eigenvalue weighted by Gasteiger charge is 2.21. The highest BCUT2D eigenvalue weighted by molar-refractivity contribution is 14.0. The van der Waals surface area contributed by atoms with Crippen molar-refractivity contribution >= 4 is 41.7 Å². The van der Waals surface area contributed by atoms with E-state index in [2.05, 4.69) is 25.5 Å². The molecule has 9 heteroatoms. The number of hydrogen-bond donors (Lipinski definition) is 2. The molecule has 1 aliphatic rings. The topological polar surface area (TPSA) is 82.1 Å². The molecule has 8 nitrogen and oxygen atoms in total. The molecule has 0 atom stereocenters. The largest absolute Gasteiger partial charge is 0.494 e. The summed E-state index contributed by atoms with van der Waals surface area (Å²) in [7, 11) is 0. The number of aliphatic imine (C=N–C) groups is 1. The van der Waals surface area contributed by atoms with Crippen LogP contribution >= 0.6 is 24.0 Å². The second kappa shape index (κ2) is 15.3. The summed E-state index contributed by atoms with van der Waals surface area (Å²) in [6.07, 6.45) is 3.08. The number of guanidine groups is 1. The predicted octanol–water partition coefficient (Wildman–Crippen LogP) is 2.76. The van der Waals surface area contributed by atoms with E-state index in [1.807, 2.05) is 60.4 Å². The van der Waals surface area contributed by atoms with E-state index >= 15 is 0 Å². The van der Waals surface area contributed by atoms with Crippen molar-refractivity contribution in [2.45, 2.75) is 19.8 Å². The number of aromatic nitrogens is 1.